The van der Waals surface area contributed by atoms with Crippen LogP contribution in [0.5, 0.6) is 0 Å². The quantitative estimate of drug-likeness (QED) is 0.882. The molecule has 6 heteroatoms. The molecular formula is C16H20N2O3S. The van der Waals surface area contributed by atoms with Gasteiger partial charge >= 0.3 is 0 Å². The molecule has 0 saturated heterocycles. The number of benzene rings is 2. The van der Waals surface area contributed by atoms with Crippen LogP contribution >= 0.6 is 0 Å². The van der Waals surface area contributed by atoms with Gasteiger partial charge in [0.15, 0.2) is 0 Å². The summed E-state index contributed by atoms with van der Waals surface area (Å²) in [6.45, 7) is 3.85. The Hall–Kier alpha value is -1.92. The lowest BCUT2D eigenvalue weighted by Crippen LogP contribution is -2.44. The summed E-state index contributed by atoms with van der Waals surface area (Å²) in [5, 5.41) is 1.37. The van der Waals surface area contributed by atoms with E-state index in [4.69, 9.17) is 5.73 Å². The number of nitrogens with one attached hydrogen (secondary N) is 1. The summed E-state index contributed by atoms with van der Waals surface area (Å²) < 4.78 is 27.0. The highest BCUT2D eigenvalue weighted by atomic mass is 32.2. The first-order valence-corrected chi connectivity index (χ1v) is 8.59. The minimum Gasteiger partial charge on any atom is -0.320 e. The molecule has 1 amide bonds. The van der Waals surface area contributed by atoms with E-state index in [1.54, 1.807) is 18.2 Å². The lowest BCUT2D eigenvalue weighted by Gasteiger charge is -2.15. The lowest BCUT2D eigenvalue weighted by molar-refractivity contribution is -0.120. The fourth-order valence-corrected chi connectivity index (χ4v) is 3.57. The Balaban J connectivity index is 2.32. The molecular weight excluding hydrogens is 300 g/mol. The second-order valence-corrected chi connectivity index (χ2v) is 7.33. The van der Waals surface area contributed by atoms with Crippen LogP contribution in [0.4, 0.5) is 0 Å². The van der Waals surface area contributed by atoms with Gasteiger partial charge in [0.2, 0.25) is 0 Å². The van der Waals surface area contributed by atoms with Crippen LogP contribution in [-0.2, 0) is 14.8 Å². The van der Waals surface area contributed by atoms with Crippen LogP contribution in [0.2, 0.25) is 0 Å². The first kappa shape index (κ1) is 16.5. The van der Waals surface area contributed by atoms with Crippen molar-refractivity contribution in [2.24, 2.45) is 11.7 Å². The van der Waals surface area contributed by atoms with Gasteiger partial charge in [0.05, 0.1) is 10.9 Å². The number of hydrogen-bond donors (Lipinski definition) is 2. The molecule has 118 valence electrons. The molecule has 0 saturated carbocycles. The molecule has 0 spiro atoms. The third-order valence-corrected chi connectivity index (χ3v) is 4.74. The van der Waals surface area contributed by atoms with Gasteiger partial charge < -0.3 is 5.73 Å². The van der Waals surface area contributed by atoms with Gasteiger partial charge in [-0.25, -0.2) is 13.1 Å². The fraction of sp³-hybridized carbons (Fsp3) is 0.312. The minimum atomic E-state index is -3.95. The summed E-state index contributed by atoms with van der Waals surface area (Å²) in [6.07, 6.45) is 0.427. The molecule has 1 atom stereocenters. The van der Waals surface area contributed by atoms with Crippen molar-refractivity contribution >= 4 is 26.7 Å². The maximum atomic E-state index is 12.5. The zero-order valence-corrected chi connectivity index (χ0v) is 13.4. The molecule has 0 bridgehead atoms. The van der Waals surface area contributed by atoms with E-state index in [0.717, 1.165) is 5.39 Å². The molecule has 5 nitrogen and oxygen atoms in total. The number of rotatable bonds is 5. The summed E-state index contributed by atoms with van der Waals surface area (Å²) in [5.74, 6) is -0.470. The standard InChI is InChI=1S/C16H20N2O3S/c1-11(2)10-14(17)16(19)18-22(20,21)15-9-5-7-12-6-3-4-8-13(12)15/h3-9,11,14H,10,17H2,1-2H3,(H,18,19)/t14-/m0/s1. The highest BCUT2D eigenvalue weighted by Crippen LogP contribution is 2.22. The van der Waals surface area contributed by atoms with Crippen LogP contribution < -0.4 is 10.5 Å². The van der Waals surface area contributed by atoms with Crippen molar-refractivity contribution in [3.05, 3.63) is 42.5 Å². The van der Waals surface area contributed by atoms with Gasteiger partial charge in [0, 0.05) is 5.39 Å². The fourth-order valence-electron chi connectivity index (χ4n) is 2.31. The first-order chi connectivity index (χ1) is 10.3. The van der Waals surface area contributed by atoms with E-state index in [9.17, 15) is 13.2 Å². The van der Waals surface area contributed by atoms with Gasteiger partial charge in [-0.1, -0.05) is 50.2 Å². The van der Waals surface area contributed by atoms with E-state index in [0.29, 0.717) is 11.8 Å². The third-order valence-electron chi connectivity index (χ3n) is 3.34. The monoisotopic (exact) mass is 320 g/mol. The Labute approximate surface area is 130 Å². The van der Waals surface area contributed by atoms with Crippen molar-refractivity contribution in [2.45, 2.75) is 31.2 Å². The number of carbonyl (C=O) groups excluding carboxylic acids is 1. The number of nitrogens with two attached hydrogens (primary N) is 1. The Bertz CT molecular complexity index is 780. The molecule has 0 aliphatic rings. The zero-order valence-electron chi connectivity index (χ0n) is 12.6. The van der Waals surface area contributed by atoms with Crippen molar-refractivity contribution < 1.29 is 13.2 Å². The number of amides is 1. The van der Waals surface area contributed by atoms with E-state index in [2.05, 4.69) is 4.72 Å². The predicted molar refractivity (Wildman–Crippen MR) is 86.7 cm³/mol. The highest BCUT2D eigenvalue weighted by molar-refractivity contribution is 7.90. The third kappa shape index (κ3) is 3.64. The second kappa shape index (κ2) is 6.46. The van der Waals surface area contributed by atoms with E-state index in [1.807, 2.05) is 32.0 Å². The molecule has 3 N–H and O–H groups in total. The summed E-state index contributed by atoms with van der Waals surface area (Å²) in [7, 11) is -3.95. The van der Waals surface area contributed by atoms with Gasteiger partial charge in [-0.15, -0.1) is 0 Å². The summed E-state index contributed by atoms with van der Waals surface area (Å²) in [4.78, 5) is 12.1. The van der Waals surface area contributed by atoms with Crippen LogP contribution in [0, 0.1) is 5.92 Å². The number of carbonyl (C=O) groups is 1. The van der Waals surface area contributed by atoms with Crippen LogP contribution in [0.1, 0.15) is 20.3 Å². The molecule has 2 aromatic rings. The second-order valence-electron chi connectivity index (χ2n) is 5.68. The van der Waals surface area contributed by atoms with Crippen LogP contribution in [-0.4, -0.2) is 20.4 Å². The lowest BCUT2D eigenvalue weighted by atomic mass is 10.0. The Morgan fingerprint density at radius 2 is 1.77 bits per heavy atom. The molecule has 22 heavy (non-hydrogen) atoms. The van der Waals surface area contributed by atoms with Crippen molar-refractivity contribution in [1.29, 1.82) is 0 Å². The maximum absolute atomic E-state index is 12.5. The van der Waals surface area contributed by atoms with Crippen molar-refractivity contribution in [3.63, 3.8) is 0 Å². The Morgan fingerprint density at radius 1 is 1.14 bits per heavy atom. The molecule has 0 aromatic heterocycles. The summed E-state index contributed by atoms with van der Waals surface area (Å²) in [6, 6.07) is 11.2. The molecule has 2 rings (SSSR count). The van der Waals surface area contributed by atoms with Crippen molar-refractivity contribution in [3.8, 4) is 0 Å². The van der Waals surface area contributed by atoms with E-state index < -0.39 is 22.0 Å². The van der Waals surface area contributed by atoms with E-state index >= 15 is 0 Å². The summed E-state index contributed by atoms with van der Waals surface area (Å²) >= 11 is 0. The highest BCUT2D eigenvalue weighted by Gasteiger charge is 2.23. The molecule has 2 aromatic carbocycles. The van der Waals surface area contributed by atoms with E-state index in [1.165, 1.54) is 6.07 Å². The predicted octanol–water partition coefficient (Wildman–Crippen LogP) is 2.02. The van der Waals surface area contributed by atoms with Gasteiger partial charge in [0.25, 0.3) is 15.9 Å². The average Bonchev–Trinajstić information content (AvgIpc) is 2.45. The van der Waals surface area contributed by atoms with Gasteiger partial charge in [-0.05, 0) is 23.8 Å². The molecule has 0 fully saturated rings. The largest absolute Gasteiger partial charge is 0.320 e. The molecule has 0 aliphatic carbocycles. The van der Waals surface area contributed by atoms with Gasteiger partial charge in [0.1, 0.15) is 0 Å². The molecule has 0 aliphatic heterocycles. The Kier molecular flexibility index (Phi) is 4.83. The molecule has 0 unspecified atom stereocenters. The van der Waals surface area contributed by atoms with Gasteiger partial charge in [-0.3, -0.25) is 4.79 Å². The van der Waals surface area contributed by atoms with Gasteiger partial charge in [-0.2, -0.15) is 0 Å². The number of sulfonamides is 1. The average molecular weight is 320 g/mol. The Morgan fingerprint density at radius 3 is 2.45 bits per heavy atom. The zero-order chi connectivity index (χ0) is 16.3. The SMILES string of the molecule is CC(C)C[C@H](N)C(=O)NS(=O)(=O)c1cccc2ccccc12. The van der Waals surface area contributed by atoms with Crippen molar-refractivity contribution in [2.75, 3.05) is 0 Å². The van der Waals surface area contributed by atoms with E-state index in [-0.39, 0.29) is 10.8 Å². The minimum absolute atomic E-state index is 0.0793. The first-order valence-electron chi connectivity index (χ1n) is 7.11. The summed E-state index contributed by atoms with van der Waals surface area (Å²) in [5.41, 5.74) is 5.74. The van der Waals surface area contributed by atoms with Crippen molar-refractivity contribution in [1.82, 2.24) is 4.72 Å². The maximum Gasteiger partial charge on any atom is 0.264 e. The molecule has 0 radical (unpaired) electrons. The topological polar surface area (TPSA) is 89.3 Å². The smallest absolute Gasteiger partial charge is 0.264 e. The van der Waals surface area contributed by atoms with Crippen LogP contribution in [0.15, 0.2) is 47.4 Å². The normalized spacial score (nSPS) is 13.3. The van der Waals surface area contributed by atoms with Crippen LogP contribution in [0.3, 0.4) is 0 Å². The molecule has 0 heterocycles. The van der Waals surface area contributed by atoms with Crippen LogP contribution in [0.25, 0.3) is 10.8 Å². The number of hydrogen-bond acceptors (Lipinski definition) is 4. The number of fused-ring (bicyclic) bond motifs is 1.